The van der Waals surface area contributed by atoms with E-state index >= 15 is 0 Å². The summed E-state index contributed by atoms with van der Waals surface area (Å²) < 4.78 is 13.1. The van der Waals surface area contributed by atoms with Crippen molar-refractivity contribution in [2.24, 2.45) is 0 Å². The second-order valence-electron chi connectivity index (χ2n) is 7.04. The Morgan fingerprint density at radius 3 is 2.65 bits per heavy atom. The SMILES string of the molecule is Cc1nc([C@H]2CCCCN2Cc2ccc(F)cc2)ncc1C(=O)N(C)C. The van der Waals surface area contributed by atoms with Gasteiger partial charge in [-0.2, -0.15) is 0 Å². The third-order valence-corrected chi connectivity index (χ3v) is 4.85. The maximum Gasteiger partial charge on any atom is 0.256 e. The molecule has 0 N–H and O–H groups in total. The molecule has 0 aliphatic carbocycles. The molecular formula is C20H25FN4O. The van der Waals surface area contributed by atoms with Crippen LogP contribution >= 0.6 is 0 Å². The molecule has 2 aromatic rings. The summed E-state index contributed by atoms with van der Waals surface area (Å²) >= 11 is 0. The third-order valence-electron chi connectivity index (χ3n) is 4.85. The van der Waals surface area contributed by atoms with Gasteiger partial charge < -0.3 is 4.90 Å². The second-order valence-corrected chi connectivity index (χ2v) is 7.04. The van der Waals surface area contributed by atoms with Gasteiger partial charge in [0.25, 0.3) is 5.91 Å². The summed E-state index contributed by atoms with van der Waals surface area (Å²) in [6.07, 6.45) is 4.89. The molecule has 0 spiro atoms. The fourth-order valence-electron chi connectivity index (χ4n) is 3.39. The first-order valence-corrected chi connectivity index (χ1v) is 8.99. The van der Waals surface area contributed by atoms with Crippen LogP contribution in [0.25, 0.3) is 0 Å². The number of carbonyl (C=O) groups is 1. The van der Waals surface area contributed by atoms with E-state index in [1.165, 1.54) is 17.0 Å². The van der Waals surface area contributed by atoms with Crippen LogP contribution in [-0.2, 0) is 6.54 Å². The molecule has 1 atom stereocenters. The Labute approximate surface area is 153 Å². The van der Waals surface area contributed by atoms with Gasteiger partial charge in [-0.05, 0) is 44.0 Å². The van der Waals surface area contributed by atoms with Crippen molar-refractivity contribution in [2.45, 2.75) is 38.8 Å². The monoisotopic (exact) mass is 356 g/mol. The van der Waals surface area contributed by atoms with Gasteiger partial charge in [-0.15, -0.1) is 0 Å². The van der Waals surface area contributed by atoms with Gasteiger partial charge in [-0.1, -0.05) is 18.6 Å². The predicted molar refractivity (Wildman–Crippen MR) is 98.2 cm³/mol. The minimum Gasteiger partial charge on any atom is -0.345 e. The maximum absolute atomic E-state index is 13.1. The summed E-state index contributed by atoms with van der Waals surface area (Å²) in [7, 11) is 3.45. The van der Waals surface area contributed by atoms with E-state index in [0.717, 1.165) is 43.7 Å². The Bertz CT molecular complexity index is 776. The van der Waals surface area contributed by atoms with Crippen LogP contribution in [0.15, 0.2) is 30.5 Å². The van der Waals surface area contributed by atoms with Gasteiger partial charge in [-0.3, -0.25) is 9.69 Å². The highest BCUT2D eigenvalue weighted by Gasteiger charge is 2.27. The van der Waals surface area contributed by atoms with Gasteiger partial charge >= 0.3 is 0 Å². The molecule has 3 rings (SSSR count). The van der Waals surface area contributed by atoms with Gasteiger partial charge in [0.1, 0.15) is 11.6 Å². The molecule has 1 aliphatic rings. The number of nitrogens with zero attached hydrogens (tertiary/aromatic N) is 4. The third kappa shape index (κ3) is 4.07. The summed E-state index contributed by atoms with van der Waals surface area (Å²) in [6, 6.07) is 6.77. The quantitative estimate of drug-likeness (QED) is 0.843. The van der Waals surface area contributed by atoms with Gasteiger partial charge in [0.05, 0.1) is 17.3 Å². The average Bonchev–Trinajstić information content (AvgIpc) is 2.63. The van der Waals surface area contributed by atoms with E-state index in [-0.39, 0.29) is 17.8 Å². The Morgan fingerprint density at radius 1 is 1.27 bits per heavy atom. The standard InChI is InChI=1S/C20H25FN4O/c1-14-17(20(26)24(2)3)12-22-19(23-14)18-6-4-5-11-25(18)13-15-7-9-16(21)10-8-15/h7-10,12,18H,4-6,11,13H2,1-3H3/t18-/m1/s1. The molecule has 6 heteroatoms. The molecule has 0 bridgehead atoms. The second kappa shape index (κ2) is 7.91. The molecule has 138 valence electrons. The number of carbonyl (C=O) groups excluding carboxylic acids is 1. The van der Waals surface area contributed by atoms with Gasteiger partial charge in [-0.25, -0.2) is 14.4 Å². The molecule has 1 aromatic carbocycles. The van der Waals surface area contributed by atoms with Crippen LogP contribution in [0.4, 0.5) is 4.39 Å². The highest BCUT2D eigenvalue weighted by atomic mass is 19.1. The van der Waals surface area contributed by atoms with Crippen LogP contribution in [0.1, 0.15) is 52.7 Å². The van der Waals surface area contributed by atoms with E-state index in [4.69, 9.17) is 0 Å². The Hall–Kier alpha value is -2.34. The van der Waals surface area contributed by atoms with Gasteiger partial charge in [0, 0.05) is 26.8 Å². The van der Waals surface area contributed by atoms with E-state index in [0.29, 0.717) is 11.3 Å². The number of rotatable bonds is 4. The van der Waals surface area contributed by atoms with Crippen molar-refractivity contribution >= 4 is 5.91 Å². The molecule has 26 heavy (non-hydrogen) atoms. The molecule has 1 amide bonds. The van der Waals surface area contributed by atoms with Crippen LogP contribution in [0.5, 0.6) is 0 Å². The van der Waals surface area contributed by atoms with E-state index in [9.17, 15) is 9.18 Å². The molecule has 0 radical (unpaired) electrons. The number of aromatic nitrogens is 2. The Kier molecular flexibility index (Phi) is 5.61. The first-order chi connectivity index (χ1) is 12.5. The fourth-order valence-corrected chi connectivity index (χ4v) is 3.39. The minimum atomic E-state index is -0.218. The summed E-state index contributed by atoms with van der Waals surface area (Å²) in [5.74, 6) is 0.463. The fraction of sp³-hybridized carbons (Fsp3) is 0.450. The van der Waals surface area contributed by atoms with Crippen molar-refractivity contribution < 1.29 is 9.18 Å². The number of hydrogen-bond acceptors (Lipinski definition) is 4. The lowest BCUT2D eigenvalue weighted by Gasteiger charge is -2.35. The highest BCUT2D eigenvalue weighted by Crippen LogP contribution is 2.30. The van der Waals surface area contributed by atoms with E-state index in [2.05, 4.69) is 14.9 Å². The number of piperidine rings is 1. The molecule has 0 unspecified atom stereocenters. The molecule has 5 nitrogen and oxygen atoms in total. The number of likely N-dealkylation sites (tertiary alicyclic amines) is 1. The zero-order chi connectivity index (χ0) is 18.7. The lowest BCUT2D eigenvalue weighted by atomic mass is 10.00. The summed E-state index contributed by atoms with van der Waals surface area (Å²) in [5, 5.41) is 0. The summed E-state index contributed by atoms with van der Waals surface area (Å²) in [4.78, 5) is 25.2. The number of aryl methyl sites for hydroxylation is 1. The van der Waals surface area contributed by atoms with Crippen LogP contribution in [0.2, 0.25) is 0 Å². The van der Waals surface area contributed by atoms with Gasteiger partial charge in [0.15, 0.2) is 0 Å². The van der Waals surface area contributed by atoms with Crippen molar-refractivity contribution in [3.63, 3.8) is 0 Å². The molecule has 1 aliphatic heterocycles. The first-order valence-electron chi connectivity index (χ1n) is 8.99. The Balaban J connectivity index is 1.82. The molecule has 1 aromatic heterocycles. The zero-order valence-electron chi connectivity index (χ0n) is 15.6. The number of halogens is 1. The summed E-state index contributed by atoms with van der Waals surface area (Å²) in [5.41, 5.74) is 2.33. The van der Waals surface area contributed by atoms with E-state index < -0.39 is 0 Å². The topological polar surface area (TPSA) is 49.3 Å². The number of hydrogen-bond donors (Lipinski definition) is 0. The van der Waals surface area contributed by atoms with E-state index in [1.807, 2.05) is 19.1 Å². The maximum atomic E-state index is 13.1. The normalized spacial score (nSPS) is 17.9. The van der Waals surface area contributed by atoms with Crippen LogP contribution in [-0.4, -0.2) is 46.3 Å². The molecule has 1 saturated heterocycles. The average molecular weight is 356 g/mol. The van der Waals surface area contributed by atoms with Crippen molar-refractivity contribution in [1.29, 1.82) is 0 Å². The lowest BCUT2D eigenvalue weighted by Crippen LogP contribution is -2.34. The van der Waals surface area contributed by atoms with Gasteiger partial charge in [0.2, 0.25) is 0 Å². The molecule has 1 fully saturated rings. The smallest absolute Gasteiger partial charge is 0.256 e. The van der Waals surface area contributed by atoms with Crippen LogP contribution < -0.4 is 0 Å². The largest absolute Gasteiger partial charge is 0.345 e. The van der Waals surface area contributed by atoms with Crippen molar-refractivity contribution in [2.75, 3.05) is 20.6 Å². The number of amides is 1. The Morgan fingerprint density at radius 2 is 2.00 bits per heavy atom. The zero-order valence-corrected chi connectivity index (χ0v) is 15.6. The predicted octanol–water partition coefficient (Wildman–Crippen LogP) is 3.35. The molecule has 2 heterocycles. The van der Waals surface area contributed by atoms with Crippen molar-refractivity contribution in [3.8, 4) is 0 Å². The van der Waals surface area contributed by atoms with Crippen LogP contribution in [0.3, 0.4) is 0 Å². The van der Waals surface area contributed by atoms with E-state index in [1.54, 1.807) is 20.3 Å². The van der Waals surface area contributed by atoms with Crippen molar-refractivity contribution in [1.82, 2.24) is 19.8 Å². The first kappa shape index (κ1) is 18.5. The molecular weight excluding hydrogens is 331 g/mol. The molecule has 0 saturated carbocycles. The summed E-state index contributed by atoms with van der Waals surface area (Å²) in [6.45, 7) is 3.56. The number of benzene rings is 1. The van der Waals surface area contributed by atoms with Crippen LogP contribution in [0, 0.1) is 12.7 Å². The van der Waals surface area contributed by atoms with Crippen molar-refractivity contribution in [3.05, 3.63) is 58.9 Å². The lowest BCUT2D eigenvalue weighted by molar-refractivity contribution is 0.0825. The highest BCUT2D eigenvalue weighted by molar-refractivity contribution is 5.94. The minimum absolute atomic E-state index is 0.0825.